The summed E-state index contributed by atoms with van der Waals surface area (Å²) in [6, 6.07) is 12.1. The average Bonchev–Trinajstić information content (AvgIpc) is 2.80. The van der Waals surface area contributed by atoms with Crippen molar-refractivity contribution < 1.29 is 19.4 Å². The van der Waals surface area contributed by atoms with Gasteiger partial charge < -0.3 is 25.4 Å². The number of nitrogens with one attached hydrogen (secondary N) is 2. The van der Waals surface area contributed by atoms with Crippen LogP contribution in [0.1, 0.15) is 17.3 Å². The van der Waals surface area contributed by atoms with Gasteiger partial charge >= 0.3 is 0 Å². The summed E-state index contributed by atoms with van der Waals surface area (Å²) in [7, 11) is 7.20. The van der Waals surface area contributed by atoms with Crippen LogP contribution in [0.25, 0.3) is 0 Å². The van der Waals surface area contributed by atoms with Crippen molar-refractivity contribution >= 4 is 29.3 Å². The van der Waals surface area contributed by atoms with Crippen LogP contribution < -0.4 is 15.5 Å². The van der Waals surface area contributed by atoms with Crippen LogP contribution in [0.2, 0.25) is 0 Å². The van der Waals surface area contributed by atoms with Gasteiger partial charge in [0.1, 0.15) is 17.8 Å². The predicted molar refractivity (Wildman–Crippen MR) is 131 cm³/mol. The van der Waals surface area contributed by atoms with Crippen LogP contribution in [0.5, 0.6) is 5.75 Å². The summed E-state index contributed by atoms with van der Waals surface area (Å²) in [4.78, 5) is 24.3. The highest BCUT2D eigenvalue weighted by atomic mass is 16.5. The highest BCUT2D eigenvalue weighted by molar-refractivity contribution is 6.06. The number of anilines is 3. The number of benzene rings is 2. The maximum absolute atomic E-state index is 12.2. The summed E-state index contributed by atoms with van der Waals surface area (Å²) in [5.74, 6) is 0.529. The normalized spacial score (nSPS) is 10.9. The van der Waals surface area contributed by atoms with E-state index in [1.54, 1.807) is 63.6 Å². The fourth-order valence-corrected chi connectivity index (χ4v) is 2.43. The van der Waals surface area contributed by atoms with E-state index in [9.17, 15) is 14.7 Å². The second kappa shape index (κ2) is 13.3. The monoisotopic (exact) mass is 437 g/mol. The Balaban J connectivity index is 0.000000396. The molecule has 0 spiro atoms. The SMILES string of the molecule is C=C/C(=C\C=C(/C)C=O)OC.CNc1ccc(O)cc1NC(=O)c1ccc(N(C)C)cc1. The van der Waals surface area contributed by atoms with Crippen LogP contribution in [-0.2, 0) is 9.53 Å². The quantitative estimate of drug-likeness (QED) is 0.184. The molecule has 170 valence electrons. The third-order valence-corrected chi connectivity index (χ3v) is 4.30. The lowest BCUT2D eigenvalue weighted by Crippen LogP contribution is -2.14. The van der Waals surface area contributed by atoms with E-state index in [0.29, 0.717) is 22.6 Å². The number of phenols is 1. The summed E-state index contributed by atoms with van der Waals surface area (Å²) in [6.45, 7) is 5.25. The number of rotatable bonds is 8. The maximum Gasteiger partial charge on any atom is 0.255 e. The number of methoxy groups -OCH3 is 1. The van der Waals surface area contributed by atoms with Crippen LogP contribution >= 0.6 is 0 Å². The predicted octanol–water partition coefficient (Wildman–Crippen LogP) is 4.60. The third-order valence-electron chi connectivity index (χ3n) is 4.30. The molecule has 2 aromatic rings. The molecule has 0 fully saturated rings. The summed E-state index contributed by atoms with van der Waals surface area (Å²) in [5, 5.41) is 15.3. The first-order valence-corrected chi connectivity index (χ1v) is 9.85. The van der Waals surface area contributed by atoms with Gasteiger partial charge in [-0.1, -0.05) is 12.7 Å². The first-order chi connectivity index (χ1) is 15.2. The number of hydrogen-bond acceptors (Lipinski definition) is 6. The lowest BCUT2D eigenvalue weighted by molar-refractivity contribution is -0.104. The van der Waals surface area contributed by atoms with Crippen LogP contribution in [0.15, 0.2) is 78.6 Å². The van der Waals surface area contributed by atoms with Crippen molar-refractivity contribution in [3.63, 3.8) is 0 Å². The molecule has 2 aromatic carbocycles. The van der Waals surface area contributed by atoms with E-state index in [4.69, 9.17) is 4.74 Å². The Bertz CT molecular complexity index is 977. The number of aldehydes is 1. The Kier molecular flexibility index (Phi) is 10.8. The van der Waals surface area contributed by atoms with Crippen molar-refractivity contribution in [2.75, 3.05) is 43.8 Å². The molecule has 0 aromatic heterocycles. The van der Waals surface area contributed by atoms with E-state index in [1.165, 1.54) is 6.07 Å². The number of allylic oxidation sites excluding steroid dienone is 4. The first-order valence-electron chi connectivity index (χ1n) is 9.85. The minimum absolute atomic E-state index is 0.104. The standard InChI is InChI=1S/C16H19N3O2.C9H12O2/c1-17-14-9-8-13(20)10-15(14)18-16(21)11-4-6-12(7-5-11)19(2)3;1-4-9(11-3)6-5-8(2)7-10/h4-10,17,20H,1-3H3,(H,18,21);4-7H,1H2,2-3H3/b;8-5+,9-6+. The van der Waals surface area contributed by atoms with Gasteiger partial charge in [0.05, 0.1) is 18.5 Å². The van der Waals surface area contributed by atoms with Crippen LogP contribution in [-0.4, -0.2) is 45.6 Å². The van der Waals surface area contributed by atoms with Crippen molar-refractivity contribution in [1.82, 2.24) is 0 Å². The summed E-state index contributed by atoms with van der Waals surface area (Å²) in [5.41, 5.74) is 3.53. The van der Waals surface area contributed by atoms with Crippen molar-refractivity contribution in [3.8, 4) is 5.75 Å². The lowest BCUT2D eigenvalue weighted by Gasteiger charge is -2.14. The summed E-state index contributed by atoms with van der Waals surface area (Å²) >= 11 is 0. The van der Waals surface area contributed by atoms with Crippen LogP contribution in [0.3, 0.4) is 0 Å². The second-order valence-corrected chi connectivity index (χ2v) is 6.88. The Morgan fingerprint density at radius 3 is 2.25 bits per heavy atom. The fourth-order valence-electron chi connectivity index (χ4n) is 2.43. The third kappa shape index (κ3) is 8.39. The van der Waals surface area contributed by atoms with E-state index in [1.807, 2.05) is 31.1 Å². The molecule has 0 radical (unpaired) electrons. The van der Waals surface area contributed by atoms with Gasteiger partial charge in [-0.25, -0.2) is 0 Å². The van der Waals surface area contributed by atoms with Crippen molar-refractivity contribution in [1.29, 1.82) is 0 Å². The zero-order valence-corrected chi connectivity index (χ0v) is 19.2. The molecule has 0 atom stereocenters. The molecule has 0 unspecified atom stereocenters. The molecule has 7 heteroatoms. The number of amides is 1. The minimum Gasteiger partial charge on any atom is -0.508 e. The molecule has 7 nitrogen and oxygen atoms in total. The van der Waals surface area contributed by atoms with E-state index < -0.39 is 0 Å². The van der Waals surface area contributed by atoms with Gasteiger partial charge in [0, 0.05) is 38.5 Å². The highest BCUT2D eigenvalue weighted by Crippen LogP contribution is 2.26. The molecule has 1 amide bonds. The maximum atomic E-state index is 12.2. The zero-order valence-electron chi connectivity index (χ0n) is 19.2. The van der Waals surface area contributed by atoms with E-state index in [-0.39, 0.29) is 11.7 Å². The molecule has 0 aliphatic heterocycles. The first kappa shape index (κ1) is 26.0. The van der Waals surface area contributed by atoms with Gasteiger partial charge in [0.2, 0.25) is 0 Å². The van der Waals surface area contributed by atoms with Crippen LogP contribution in [0.4, 0.5) is 17.1 Å². The fraction of sp³-hybridized carbons (Fsp3) is 0.200. The number of nitrogens with zero attached hydrogens (tertiary/aromatic N) is 1. The van der Waals surface area contributed by atoms with Gasteiger partial charge in [0.25, 0.3) is 5.91 Å². The van der Waals surface area contributed by atoms with Gasteiger partial charge in [-0.05, 0) is 61.0 Å². The van der Waals surface area contributed by atoms with E-state index >= 15 is 0 Å². The number of carbonyl (C=O) groups is 2. The zero-order chi connectivity index (χ0) is 24.1. The Labute approximate surface area is 189 Å². The molecule has 0 heterocycles. The van der Waals surface area contributed by atoms with Gasteiger partial charge in [-0.15, -0.1) is 0 Å². The van der Waals surface area contributed by atoms with Crippen molar-refractivity contribution in [2.45, 2.75) is 6.92 Å². The topological polar surface area (TPSA) is 90.9 Å². The molecule has 32 heavy (non-hydrogen) atoms. The van der Waals surface area contributed by atoms with Gasteiger partial charge in [-0.3, -0.25) is 9.59 Å². The molecule has 3 N–H and O–H groups in total. The molecule has 0 saturated carbocycles. The number of hydrogen-bond donors (Lipinski definition) is 3. The Hall–Kier alpha value is -4.00. The largest absolute Gasteiger partial charge is 0.508 e. The molecule has 2 rings (SSSR count). The van der Waals surface area contributed by atoms with Crippen LogP contribution in [0, 0.1) is 0 Å². The smallest absolute Gasteiger partial charge is 0.255 e. The molecule has 0 aliphatic carbocycles. The molecule has 0 bridgehead atoms. The molecule has 0 aliphatic rings. The lowest BCUT2D eigenvalue weighted by atomic mass is 10.1. The van der Waals surface area contributed by atoms with E-state index in [2.05, 4.69) is 17.2 Å². The Morgan fingerprint density at radius 1 is 1.09 bits per heavy atom. The number of aromatic hydroxyl groups is 1. The molecule has 0 saturated heterocycles. The van der Waals surface area contributed by atoms with Gasteiger partial charge in [-0.2, -0.15) is 0 Å². The average molecular weight is 438 g/mol. The summed E-state index contributed by atoms with van der Waals surface area (Å²) < 4.78 is 4.88. The Morgan fingerprint density at radius 2 is 1.75 bits per heavy atom. The van der Waals surface area contributed by atoms with E-state index in [0.717, 1.165) is 17.7 Å². The summed E-state index contributed by atoms with van der Waals surface area (Å²) in [6.07, 6.45) is 5.73. The van der Waals surface area contributed by atoms with Gasteiger partial charge in [0.15, 0.2) is 0 Å². The number of phenolic OH excluding ortho intramolecular Hbond substituents is 1. The molecular formula is C25H31N3O4. The molecular weight excluding hydrogens is 406 g/mol. The number of ether oxygens (including phenoxy) is 1. The van der Waals surface area contributed by atoms with Crippen molar-refractivity contribution in [2.24, 2.45) is 0 Å². The van der Waals surface area contributed by atoms with Crippen molar-refractivity contribution in [3.05, 3.63) is 84.2 Å². The second-order valence-electron chi connectivity index (χ2n) is 6.88. The number of carbonyl (C=O) groups excluding carboxylic acids is 2. The highest BCUT2D eigenvalue weighted by Gasteiger charge is 2.10. The minimum atomic E-state index is -0.220.